The molecule has 0 atom stereocenters. The quantitative estimate of drug-likeness (QED) is 0.684. The van der Waals surface area contributed by atoms with Gasteiger partial charge < -0.3 is 4.74 Å². The molecule has 0 radical (unpaired) electrons. The Morgan fingerprint density at radius 1 is 1.20 bits per heavy atom. The van der Waals surface area contributed by atoms with Crippen LogP contribution in [0.15, 0.2) is 54.9 Å². The van der Waals surface area contributed by atoms with E-state index >= 15 is 0 Å². The summed E-state index contributed by atoms with van der Waals surface area (Å²) in [5.41, 5.74) is 3.33. The number of fused-ring (bicyclic) bond motifs is 1. The van der Waals surface area contributed by atoms with Gasteiger partial charge in [-0.2, -0.15) is 0 Å². The lowest BCUT2D eigenvalue weighted by Crippen LogP contribution is -2.06. The molecule has 2 heterocycles. The fraction of sp³-hybridized carbons (Fsp3) is 0.125. The summed E-state index contributed by atoms with van der Waals surface area (Å²) < 4.78 is 6.93. The van der Waals surface area contributed by atoms with Gasteiger partial charge in [-0.05, 0) is 19.1 Å². The van der Waals surface area contributed by atoms with Crippen molar-refractivity contribution in [3.8, 4) is 11.3 Å². The third kappa shape index (κ3) is 2.16. The van der Waals surface area contributed by atoms with Crippen molar-refractivity contribution < 1.29 is 9.53 Å². The lowest BCUT2D eigenvalue weighted by Gasteiger charge is -2.05. The molecular formula is C16H14N2O2. The summed E-state index contributed by atoms with van der Waals surface area (Å²) in [6.45, 7) is 2.16. The van der Waals surface area contributed by atoms with E-state index in [2.05, 4.69) is 4.98 Å². The number of pyridine rings is 1. The van der Waals surface area contributed by atoms with E-state index in [9.17, 15) is 4.79 Å². The molecule has 0 aliphatic rings. The molecule has 20 heavy (non-hydrogen) atoms. The first-order valence-electron chi connectivity index (χ1n) is 6.49. The molecule has 0 unspecified atom stereocenters. The molecule has 0 fully saturated rings. The first-order valence-corrected chi connectivity index (χ1v) is 6.49. The van der Waals surface area contributed by atoms with Crippen LogP contribution >= 0.6 is 0 Å². The molecule has 4 nitrogen and oxygen atoms in total. The minimum absolute atomic E-state index is 0.317. The fourth-order valence-electron chi connectivity index (χ4n) is 2.14. The van der Waals surface area contributed by atoms with Crippen molar-refractivity contribution in [2.24, 2.45) is 0 Å². The van der Waals surface area contributed by atoms with Gasteiger partial charge in [0.25, 0.3) is 0 Å². The molecular weight excluding hydrogens is 252 g/mol. The lowest BCUT2D eigenvalue weighted by atomic mass is 10.2. The van der Waals surface area contributed by atoms with Crippen LogP contribution in [0.4, 0.5) is 0 Å². The zero-order valence-corrected chi connectivity index (χ0v) is 11.1. The summed E-state index contributed by atoms with van der Waals surface area (Å²) in [4.78, 5) is 16.2. The molecule has 2 aromatic heterocycles. The maximum atomic E-state index is 11.8. The van der Waals surface area contributed by atoms with Crippen LogP contribution in [0, 0.1) is 0 Å². The molecule has 4 heteroatoms. The monoisotopic (exact) mass is 266 g/mol. The zero-order chi connectivity index (χ0) is 13.9. The molecule has 3 aromatic rings. The van der Waals surface area contributed by atoms with E-state index in [1.54, 1.807) is 25.4 Å². The van der Waals surface area contributed by atoms with E-state index in [-0.39, 0.29) is 5.97 Å². The highest BCUT2D eigenvalue weighted by Crippen LogP contribution is 2.21. The van der Waals surface area contributed by atoms with Gasteiger partial charge in [-0.3, -0.25) is 4.40 Å². The molecule has 0 spiro atoms. The van der Waals surface area contributed by atoms with Crippen LogP contribution in [0.2, 0.25) is 0 Å². The minimum Gasteiger partial charge on any atom is -0.462 e. The molecule has 0 saturated carbocycles. The highest BCUT2D eigenvalue weighted by atomic mass is 16.5. The van der Waals surface area contributed by atoms with Crippen LogP contribution in [-0.2, 0) is 4.74 Å². The van der Waals surface area contributed by atoms with E-state index in [1.165, 1.54) is 0 Å². The SMILES string of the molecule is CCOC(=O)c1ccc2ncc(-c3ccccc3)n2c1. The third-order valence-corrected chi connectivity index (χ3v) is 3.09. The van der Waals surface area contributed by atoms with E-state index < -0.39 is 0 Å². The Hall–Kier alpha value is -2.62. The number of imidazole rings is 1. The van der Waals surface area contributed by atoms with Crippen LogP contribution in [0.25, 0.3) is 16.9 Å². The molecule has 0 aliphatic heterocycles. The molecule has 0 aliphatic carbocycles. The number of benzene rings is 1. The van der Waals surface area contributed by atoms with Crippen molar-refractivity contribution in [1.29, 1.82) is 0 Å². The summed E-state index contributed by atoms with van der Waals surface area (Å²) >= 11 is 0. The Morgan fingerprint density at radius 3 is 2.75 bits per heavy atom. The zero-order valence-electron chi connectivity index (χ0n) is 11.1. The molecule has 3 rings (SSSR count). The molecule has 0 bridgehead atoms. The summed E-state index contributed by atoms with van der Waals surface area (Å²) in [5, 5.41) is 0. The number of carbonyl (C=O) groups excluding carboxylic acids is 1. The second-order valence-electron chi connectivity index (χ2n) is 4.38. The number of hydrogen-bond acceptors (Lipinski definition) is 3. The smallest absolute Gasteiger partial charge is 0.339 e. The number of rotatable bonds is 3. The lowest BCUT2D eigenvalue weighted by molar-refractivity contribution is 0.0526. The number of hydrogen-bond donors (Lipinski definition) is 0. The van der Waals surface area contributed by atoms with Crippen LogP contribution in [0.3, 0.4) is 0 Å². The predicted octanol–water partition coefficient (Wildman–Crippen LogP) is 3.18. The number of ether oxygens (including phenoxy) is 1. The summed E-state index contributed by atoms with van der Waals surface area (Å²) in [6.07, 6.45) is 3.57. The molecule has 100 valence electrons. The number of carbonyl (C=O) groups is 1. The summed E-state index contributed by atoms with van der Waals surface area (Å²) in [6, 6.07) is 13.5. The van der Waals surface area contributed by atoms with Gasteiger partial charge in [0.05, 0.1) is 24.1 Å². The Bertz CT molecular complexity index is 748. The van der Waals surface area contributed by atoms with Crippen molar-refractivity contribution in [1.82, 2.24) is 9.38 Å². The molecule has 0 saturated heterocycles. The standard InChI is InChI=1S/C16H14N2O2/c1-2-20-16(19)13-8-9-15-17-10-14(18(15)11-13)12-6-4-3-5-7-12/h3-11H,2H2,1H3. The maximum Gasteiger partial charge on any atom is 0.339 e. The Balaban J connectivity index is 2.11. The van der Waals surface area contributed by atoms with Crippen molar-refractivity contribution in [2.45, 2.75) is 6.92 Å². The summed E-state index contributed by atoms with van der Waals surface area (Å²) in [7, 11) is 0. The minimum atomic E-state index is -0.317. The average molecular weight is 266 g/mol. The van der Waals surface area contributed by atoms with Crippen LogP contribution in [0.1, 0.15) is 17.3 Å². The summed E-state index contributed by atoms with van der Waals surface area (Å²) in [5.74, 6) is -0.317. The maximum absolute atomic E-state index is 11.8. The van der Waals surface area contributed by atoms with Crippen molar-refractivity contribution in [3.05, 3.63) is 60.4 Å². The molecule has 1 aromatic carbocycles. The van der Waals surface area contributed by atoms with Gasteiger partial charge in [0.1, 0.15) is 5.65 Å². The highest BCUT2D eigenvalue weighted by molar-refractivity contribution is 5.89. The molecule has 0 N–H and O–H groups in total. The number of esters is 1. The van der Waals surface area contributed by atoms with Gasteiger partial charge in [-0.1, -0.05) is 30.3 Å². The van der Waals surface area contributed by atoms with E-state index in [0.717, 1.165) is 16.9 Å². The Morgan fingerprint density at radius 2 is 2.00 bits per heavy atom. The third-order valence-electron chi connectivity index (χ3n) is 3.09. The van der Waals surface area contributed by atoms with Gasteiger partial charge in [0.15, 0.2) is 0 Å². The highest BCUT2D eigenvalue weighted by Gasteiger charge is 2.10. The van der Waals surface area contributed by atoms with Gasteiger partial charge in [-0.15, -0.1) is 0 Å². The van der Waals surface area contributed by atoms with Gasteiger partial charge in [-0.25, -0.2) is 9.78 Å². The van der Waals surface area contributed by atoms with E-state index in [4.69, 9.17) is 4.74 Å². The topological polar surface area (TPSA) is 43.6 Å². The Labute approximate surface area is 116 Å². The van der Waals surface area contributed by atoms with Crippen LogP contribution in [-0.4, -0.2) is 22.0 Å². The van der Waals surface area contributed by atoms with Crippen molar-refractivity contribution in [2.75, 3.05) is 6.61 Å². The second kappa shape index (κ2) is 5.17. The van der Waals surface area contributed by atoms with Gasteiger partial charge in [0.2, 0.25) is 0 Å². The second-order valence-corrected chi connectivity index (χ2v) is 4.38. The van der Waals surface area contributed by atoms with Gasteiger partial charge >= 0.3 is 5.97 Å². The first-order chi connectivity index (χ1) is 9.79. The number of nitrogens with zero attached hydrogens (tertiary/aromatic N) is 2. The Kier molecular flexibility index (Phi) is 3.21. The van der Waals surface area contributed by atoms with E-state index in [1.807, 2.05) is 40.8 Å². The fourth-order valence-corrected chi connectivity index (χ4v) is 2.14. The van der Waals surface area contributed by atoms with Crippen molar-refractivity contribution in [3.63, 3.8) is 0 Å². The number of aromatic nitrogens is 2. The molecule has 0 amide bonds. The van der Waals surface area contributed by atoms with Crippen LogP contribution in [0.5, 0.6) is 0 Å². The van der Waals surface area contributed by atoms with Crippen molar-refractivity contribution >= 4 is 11.6 Å². The largest absolute Gasteiger partial charge is 0.462 e. The average Bonchev–Trinajstić information content (AvgIpc) is 2.91. The predicted molar refractivity (Wildman–Crippen MR) is 76.6 cm³/mol. The van der Waals surface area contributed by atoms with Crippen LogP contribution < -0.4 is 0 Å². The first kappa shape index (κ1) is 12.4. The van der Waals surface area contributed by atoms with E-state index in [0.29, 0.717) is 12.2 Å². The normalized spacial score (nSPS) is 10.7. The van der Waals surface area contributed by atoms with Gasteiger partial charge in [0, 0.05) is 11.8 Å².